The van der Waals surface area contributed by atoms with E-state index in [1.54, 1.807) is 0 Å². The van der Waals surface area contributed by atoms with Crippen molar-refractivity contribution in [2.75, 3.05) is 5.73 Å². The number of tetrazole rings is 1. The quantitative estimate of drug-likeness (QED) is 0.768. The first-order chi connectivity index (χ1) is 6.68. The van der Waals surface area contributed by atoms with E-state index in [0.29, 0.717) is 5.02 Å². The molecule has 2 rings (SSSR count). The topological polar surface area (TPSA) is 69.6 Å². The molecule has 0 aliphatic carbocycles. The van der Waals surface area contributed by atoms with Crippen molar-refractivity contribution in [2.45, 2.75) is 0 Å². The Bertz CT molecular complexity index is 469. The van der Waals surface area contributed by atoms with E-state index in [1.165, 1.54) is 18.2 Å². The van der Waals surface area contributed by atoms with E-state index in [2.05, 4.69) is 15.5 Å². The van der Waals surface area contributed by atoms with Crippen molar-refractivity contribution in [1.29, 1.82) is 0 Å². The van der Waals surface area contributed by atoms with Gasteiger partial charge in [-0.25, -0.2) is 4.39 Å². The Labute approximate surface area is 83.3 Å². The van der Waals surface area contributed by atoms with Gasteiger partial charge in [0.05, 0.1) is 0 Å². The van der Waals surface area contributed by atoms with Crippen LogP contribution in [0, 0.1) is 5.82 Å². The Hall–Kier alpha value is -1.69. The zero-order valence-corrected chi connectivity index (χ0v) is 7.61. The van der Waals surface area contributed by atoms with E-state index in [1.807, 2.05) is 0 Å². The molecule has 14 heavy (non-hydrogen) atoms. The van der Waals surface area contributed by atoms with Crippen LogP contribution < -0.4 is 5.73 Å². The number of benzene rings is 1. The summed E-state index contributed by atoms with van der Waals surface area (Å²) in [6.45, 7) is 0. The van der Waals surface area contributed by atoms with Gasteiger partial charge in [0.25, 0.3) is 0 Å². The molecule has 2 N–H and O–H groups in total. The highest BCUT2D eigenvalue weighted by Crippen LogP contribution is 2.18. The van der Waals surface area contributed by atoms with Gasteiger partial charge in [0.2, 0.25) is 5.95 Å². The minimum atomic E-state index is -0.492. The summed E-state index contributed by atoms with van der Waals surface area (Å²) in [7, 11) is 0. The molecule has 0 aliphatic rings. The maximum atomic E-state index is 13.3. The maximum absolute atomic E-state index is 13.3. The van der Waals surface area contributed by atoms with Gasteiger partial charge < -0.3 is 5.73 Å². The molecule has 0 saturated carbocycles. The summed E-state index contributed by atoms with van der Waals surface area (Å²) in [5.74, 6) is -0.487. The number of nitrogen functional groups attached to an aromatic ring is 1. The highest BCUT2D eigenvalue weighted by atomic mass is 35.5. The third-order valence-electron chi connectivity index (χ3n) is 1.63. The summed E-state index contributed by atoms with van der Waals surface area (Å²) in [5.41, 5.74) is 5.53. The van der Waals surface area contributed by atoms with Crippen LogP contribution in [0.25, 0.3) is 5.69 Å². The molecule has 0 bridgehead atoms. The average Bonchev–Trinajstić information content (AvgIpc) is 2.56. The standard InChI is InChI=1S/C7H5ClFN5/c8-4-1-2-5(9)6(3-4)14-7(10)11-12-13-14/h1-3H,(H2,10,11,13). The van der Waals surface area contributed by atoms with Crippen molar-refractivity contribution in [3.8, 4) is 5.69 Å². The number of hydrogen-bond acceptors (Lipinski definition) is 4. The molecule has 0 atom stereocenters. The first-order valence-electron chi connectivity index (χ1n) is 3.68. The fourth-order valence-corrected chi connectivity index (χ4v) is 1.18. The molecule has 1 aromatic heterocycles. The van der Waals surface area contributed by atoms with Gasteiger partial charge >= 0.3 is 0 Å². The van der Waals surface area contributed by atoms with Gasteiger partial charge in [0, 0.05) is 5.02 Å². The van der Waals surface area contributed by atoms with Crippen LogP contribution in [0.2, 0.25) is 5.02 Å². The lowest BCUT2D eigenvalue weighted by Gasteiger charge is -2.02. The molecule has 0 radical (unpaired) electrons. The summed E-state index contributed by atoms with van der Waals surface area (Å²) in [4.78, 5) is 0. The molecule has 1 aromatic carbocycles. The number of rotatable bonds is 1. The molecule has 0 unspecified atom stereocenters. The van der Waals surface area contributed by atoms with Crippen LogP contribution in [-0.4, -0.2) is 20.2 Å². The number of nitrogens with zero attached hydrogens (tertiary/aromatic N) is 4. The molecule has 0 saturated heterocycles. The Morgan fingerprint density at radius 2 is 2.21 bits per heavy atom. The Morgan fingerprint density at radius 1 is 1.43 bits per heavy atom. The zero-order valence-electron chi connectivity index (χ0n) is 6.85. The van der Waals surface area contributed by atoms with Gasteiger partial charge in [-0.2, -0.15) is 4.68 Å². The fraction of sp³-hybridized carbons (Fsp3) is 0. The Balaban J connectivity index is 2.62. The number of aromatic nitrogens is 4. The lowest BCUT2D eigenvalue weighted by Crippen LogP contribution is -2.04. The molecule has 5 nitrogen and oxygen atoms in total. The lowest BCUT2D eigenvalue weighted by molar-refractivity contribution is 0.608. The third-order valence-corrected chi connectivity index (χ3v) is 1.87. The average molecular weight is 214 g/mol. The van der Waals surface area contributed by atoms with Gasteiger partial charge in [-0.1, -0.05) is 16.7 Å². The second-order valence-electron chi connectivity index (χ2n) is 2.54. The Kier molecular flexibility index (Phi) is 2.05. The molecule has 0 spiro atoms. The van der Waals surface area contributed by atoms with Crippen LogP contribution in [0.1, 0.15) is 0 Å². The van der Waals surface area contributed by atoms with Crippen molar-refractivity contribution in [1.82, 2.24) is 20.2 Å². The molecule has 0 amide bonds. The summed E-state index contributed by atoms with van der Waals surface area (Å²) in [6, 6.07) is 4.04. The van der Waals surface area contributed by atoms with E-state index < -0.39 is 5.82 Å². The minimum absolute atomic E-state index is 0.00571. The normalized spacial score (nSPS) is 10.4. The minimum Gasteiger partial charge on any atom is -0.366 e. The smallest absolute Gasteiger partial charge is 0.245 e. The van der Waals surface area contributed by atoms with E-state index in [9.17, 15) is 4.39 Å². The molecule has 2 aromatic rings. The van der Waals surface area contributed by atoms with Crippen LogP contribution in [0.4, 0.5) is 10.3 Å². The van der Waals surface area contributed by atoms with Crippen LogP contribution in [0.3, 0.4) is 0 Å². The first kappa shape index (κ1) is 8.89. The number of hydrogen-bond donors (Lipinski definition) is 1. The van der Waals surface area contributed by atoms with Crippen molar-refractivity contribution in [3.05, 3.63) is 29.0 Å². The first-order valence-corrected chi connectivity index (χ1v) is 4.05. The second-order valence-corrected chi connectivity index (χ2v) is 2.98. The van der Waals surface area contributed by atoms with E-state index >= 15 is 0 Å². The molecular formula is C7H5ClFN5. The van der Waals surface area contributed by atoms with E-state index in [0.717, 1.165) is 4.68 Å². The molecule has 1 heterocycles. The van der Waals surface area contributed by atoms with Gasteiger partial charge in [0.15, 0.2) is 0 Å². The number of anilines is 1. The van der Waals surface area contributed by atoms with Crippen LogP contribution in [-0.2, 0) is 0 Å². The molecule has 0 aliphatic heterocycles. The lowest BCUT2D eigenvalue weighted by atomic mass is 10.3. The summed E-state index contributed by atoms with van der Waals surface area (Å²) in [6.07, 6.45) is 0. The molecular weight excluding hydrogens is 209 g/mol. The summed E-state index contributed by atoms with van der Waals surface area (Å²) < 4.78 is 14.4. The monoisotopic (exact) mass is 213 g/mol. The van der Waals surface area contributed by atoms with E-state index in [-0.39, 0.29) is 11.6 Å². The van der Waals surface area contributed by atoms with Gasteiger partial charge in [0.1, 0.15) is 11.5 Å². The largest absolute Gasteiger partial charge is 0.366 e. The second kappa shape index (κ2) is 3.22. The third kappa shape index (κ3) is 1.39. The number of nitrogens with two attached hydrogens (primary N) is 1. The van der Waals surface area contributed by atoms with Crippen molar-refractivity contribution in [3.63, 3.8) is 0 Å². The van der Waals surface area contributed by atoms with Crippen molar-refractivity contribution in [2.24, 2.45) is 0 Å². The highest BCUT2D eigenvalue weighted by molar-refractivity contribution is 6.30. The Morgan fingerprint density at radius 3 is 2.86 bits per heavy atom. The summed E-state index contributed by atoms with van der Waals surface area (Å²) in [5, 5.41) is 10.6. The molecule has 0 fully saturated rings. The van der Waals surface area contributed by atoms with Crippen LogP contribution in [0.15, 0.2) is 18.2 Å². The summed E-state index contributed by atoms with van der Waals surface area (Å²) >= 11 is 5.70. The van der Waals surface area contributed by atoms with E-state index in [4.69, 9.17) is 17.3 Å². The highest BCUT2D eigenvalue weighted by Gasteiger charge is 2.09. The number of halogens is 2. The van der Waals surface area contributed by atoms with Gasteiger partial charge in [-0.15, -0.1) is 0 Å². The molecule has 72 valence electrons. The van der Waals surface area contributed by atoms with Crippen molar-refractivity contribution < 1.29 is 4.39 Å². The van der Waals surface area contributed by atoms with Crippen molar-refractivity contribution >= 4 is 17.5 Å². The van der Waals surface area contributed by atoms with Crippen LogP contribution in [0.5, 0.6) is 0 Å². The maximum Gasteiger partial charge on any atom is 0.245 e. The zero-order chi connectivity index (χ0) is 10.1. The molecule has 7 heteroatoms. The van der Waals surface area contributed by atoms with Gasteiger partial charge in [-0.3, -0.25) is 0 Å². The predicted octanol–water partition coefficient (Wildman–Crippen LogP) is 1.04. The fourth-order valence-electron chi connectivity index (χ4n) is 1.01. The predicted molar refractivity (Wildman–Crippen MR) is 48.5 cm³/mol. The van der Waals surface area contributed by atoms with Crippen LogP contribution >= 0.6 is 11.6 Å². The van der Waals surface area contributed by atoms with Gasteiger partial charge in [-0.05, 0) is 28.6 Å². The SMILES string of the molecule is Nc1nnnn1-c1cc(Cl)ccc1F.